The molecule has 32 heavy (non-hydrogen) atoms. The average Bonchev–Trinajstić information content (AvgIpc) is 2.74. The van der Waals surface area contributed by atoms with Gasteiger partial charge in [0.05, 0.1) is 16.6 Å². The summed E-state index contributed by atoms with van der Waals surface area (Å²) in [6, 6.07) is 8.09. The number of carbonyl (C=O) groups excluding carboxylic acids is 3. The fourth-order valence-electron chi connectivity index (χ4n) is 2.59. The molecule has 0 radical (unpaired) electrons. The van der Waals surface area contributed by atoms with Crippen LogP contribution in [0.5, 0.6) is 5.75 Å². The lowest BCUT2D eigenvalue weighted by molar-refractivity contribution is -0.139. The predicted octanol–water partition coefficient (Wildman–Crippen LogP) is 0.622. The zero-order chi connectivity index (χ0) is 23.8. The number of rotatable bonds is 9. The Hall–Kier alpha value is -3.63. The van der Waals surface area contributed by atoms with E-state index in [0.717, 1.165) is 0 Å². The molecule has 0 aliphatic heterocycles. The Morgan fingerprint density at radius 3 is 2.38 bits per heavy atom. The minimum atomic E-state index is -1.41. The van der Waals surface area contributed by atoms with Crippen molar-refractivity contribution in [3.63, 3.8) is 0 Å². The standard InChI is InChI=1S/C21H23ClN4O6/c1-11(23)18(28)25-10-17(21(31)32)26-20(30)15-6-5-13(8-16(15)22)19(29)24-9-12-3-2-4-14(27)7-12/h2-8,11,17,27H,9-10,23H2,1H3,(H,24,29)(H,25,28)(H,26,30)(H,31,32)/t11-,17-/m0/s1. The number of benzene rings is 2. The van der Waals surface area contributed by atoms with Crippen molar-refractivity contribution >= 4 is 35.3 Å². The van der Waals surface area contributed by atoms with Crippen molar-refractivity contribution in [3.05, 3.63) is 64.2 Å². The molecule has 2 rings (SSSR count). The number of halogens is 1. The van der Waals surface area contributed by atoms with Gasteiger partial charge in [0.25, 0.3) is 11.8 Å². The Bertz CT molecular complexity index is 1030. The molecule has 11 heteroatoms. The smallest absolute Gasteiger partial charge is 0.328 e. The molecule has 2 atom stereocenters. The summed E-state index contributed by atoms with van der Waals surface area (Å²) in [5.74, 6) is -3.09. The van der Waals surface area contributed by atoms with E-state index < -0.39 is 35.8 Å². The summed E-state index contributed by atoms with van der Waals surface area (Å²) in [7, 11) is 0. The first-order valence-electron chi connectivity index (χ1n) is 9.51. The van der Waals surface area contributed by atoms with Gasteiger partial charge in [-0.3, -0.25) is 14.4 Å². The molecule has 0 aromatic heterocycles. The van der Waals surface area contributed by atoms with E-state index in [0.29, 0.717) is 5.56 Å². The van der Waals surface area contributed by atoms with Crippen LogP contribution < -0.4 is 21.7 Å². The van der Waals surface area contributed by atoms with Crippen LogP contribution in [0.1, 0.15) is 33.2 Å². The number of carboxylic acids is 1. The van der Waals surface area contributed by atoms with Crippen molar-refractivity contribution < 1.29 is 29.4 Å². The van der Waals surface area contributed by atoms with Gasteiger partial charge in [-0.05, 0) is 42.8 Å². The summed E-state index contributed by atoms with van der Waals surface area (Å²) < 4.78 is 0. The van der Waals surface area contributed by atoms with Gasteiger partial charge >= 0.3 is 5.97 Å². The monoisotopic (exact) mass is 462 g/mol. The van der Waals surface area contributed by atoms with Crippen LogP contribution in [0.25, 0.3) is 0 Å². The molecule has 0 bridgehead atoms. The zero-order valence-electron chi connectivity index (χ0n) is 17.1. The highest BCUT2D eigenvalue weighted by Crippen LogP contribution is 2.18. The van der Waals surface area contributed by atoms with Crippen LogP contribution in [0.2, 0.25) is 5.02 Å². The molecule has 170 valence electrons. The Morgan fingerprint density at radius 1 is 1.06 bits per heavy atom. The first kappa shape index (κ1) is 24.6. The van der Waals surface area contributed by atoms with E-state index in [2.05, 4.69) is 16.0 Å². The first-order chi connectivity index (χ1) is 15.1. The van der Waals surface area contributed by atoms with Crippen LogP contribution >= 0.6 is 11.6 Å². The molecule has 0 saturated heterocycles. The molecular formula is C21H23ClN4O6. The maximum atomic E-state index is 12.5. The molecule has 0 spiro atoms. The summed E-state index contributed by atoms with van der Waals surface area (Å²) in [5.41, 5.74) is 6.24. The lowest BCUT2D eigenvalue weighted by Crippen LogP contribution is -2.50. The third-order valence-electron chi connectivity index (χ3n) is 4.34. The van der Waals surface area contributed by atoms with Crippen molar-refractivity contribution in [2.75, 3.05) is 6.54 Å². The van der Waals surface area contributed by atoms with E-state index in [1.54, 1.807) is 12.1 Å². The van der Waals surface area contributed by atoms with Gasteiger partial charge in [-0.1, -0.05) is 23.7 Å². The van der Waals surface area contributed by atoms with Crippen molar-refractivity contribution in [1.82, 2.24) is 16.0 Å². The van der Waals surface area contributed by atoms with E-state index >= 15 is 0 Å². The van der Waals surface area contributed by atoms with Crippen LogP contribution in [0, 0.1) is 0 Å². The SMILES string of the molecule is C[C@H](N)C(=O)NC[C@H](NC(=O)c1ccc(C(=O)NCc2cccc(O)c2)cc1Cl)C(=O)O. The Balaban J connectivity index is 2.02. The normalized spacial score (nSPS) is 12.3. The summed E-state index contributed by atoms with van der Waals surface area (Å²) >= 11 is 6.13. The quantitative estimate of drug-likeness (QED) is 0.317. The Morgan fingerprint density at radius 2 is 1.78 bits per heavy atom. The van der Waals surface area contributed by atoms with Gasteiger partial charge < -0.3 is 31.9 Å². The zero-order valence-corrected chi connectivity index (χ0v) is 17.8. The van der Waals surface area contributed by atoms with Crippen molar-refractivity contribution in [3.8, 4) is 5.75 Å². The Kier molecular flexibility index (Phi) is 8.56. The number of aromatic hydroxyl groups is 1. The third-order valence-corrected chi connectivity index (χ3v) is 4.65. The molecule has 0 aliphatic carbocycles. The second-order valence-corrected chi connectivity index (χ2v) is 7.35. The number of amides is 3. The number of carbonyl (C=O) groups is 4. The number of aliphatic carboxylic acids is 1. The molecule has 10 nitrogen and oxygen atoms in total. The third kappa shape index (κ3) is 6.96. The maximum absolute atomic E-state index is 12.5. The molecule has 0 fully saturated rings. The largest absolute Gasteiger partial charge is 0.508 e. The number of carboxylic acid groups (broad SMARTS) is 1. The molecule has 7 N–H and O–H groups in total. The predicted molar refractivity (Wildman–Crippen MR) is 116 cm³/mol. The van der Waals surface area contributed by atoms with Gasteiger partial charge in [-0.2, -0.15) is 0 Å². The lowest BCUT2D eigenvalue weighted by Gasteiger charge is -2.17. The van der Waals surface area contributed by atoms with E-state index in [-0.39, 0.29) is 35.0 Å². The molecule has 0 unspecified atom stereocenters. The number of nitrogens with one attached hydrogen (secondary N) is 3. The van der Waals surface area contributed by atoms with Gasteiger partial charge in [0.1, 0.15) is 11.8 Å². The van der Waals surface area contributed by atoms with Gasteiger partial charge in [0.15, 0.2) is 0 Å². The summed E-state index contributed by atoms with van der Waals surface area (Å²) in [6.45, 7) is 1.24. The van der Waals surface area contributed by atoms with Crippen molar-refractivity contribution in [1.29, 1.82) is 0 Å². The van der Waals surface area contributed by atoms with Gasteiger partial charge in [0, 0.05) is 18.7 Å². The topological polar surface area (TPSA) is 171 Å². The average molecular weight is 463 g/mol. The second-order valence-electron chi connectivity index (χ2n) is 6.95. The fourth-order valence-corrected chi connectivity index (χ4v) is 2.86. The van der Waals surface area contributed by atoms with E-state index in [1.807, 2.05) is 0 Å². The summed E-state index contributed by atoms with van der Waals surface area (Å²) in [4.78, 5) is 47.7. The van der Waals surface area contributed by atoms with Crippen LogP contribution in [-0.4, -0.2) is 52.5 Å². The van der Waals surface area contributed by atoms with Crippen LogP contribution in [0.3, 0.4) is 0 Å². The summed E-state index contributed by atoms with van der Waals surface area (Å²) in [6.07, 6.45) is 0. The van der Waals surface area contributed by atoms with E-state index in [4.69, 9.17) is 17.3 Å². The number of phenolic OH excluding ortho intramolecular Hbond substituents is 1. The van der Waals surface area contributed by atoms with Crippen LogP contribution in [-0.2, 0) is 16.1 Å². The minimum Gasteiger partial charge on any atom is -0.508 e. The van der Waals surface area contributed by atoms with E-state index in [1.165, 1.54) is 37.3 Å². The molecule has 2 aromatic carbocycles. The van der Waals surface area contributed by atoms with Crippen LogP contribution in [0.15, 0.2) is 42.5 Å². The van der Waals surface area contributed by atoms with E-state index in [9.17, 15) is 29.4 Å². The summed E-state index contributed by atoms with van der Waals surface area (Å²) in [5, 5.41) is 25.9. The Labute approximate surface area is 188 Å². The highest BCUT2D eigenvalue weighted by Gasteiger charge is 2.23. The maximum Gasteiger partial charge on any atom is 0.328 e. The van der Waals surface area contributed by atoms with Gasteiger partial charge in [-0.15, -0.1) is 0 Å². The number of hydrogen-bond donors (Lipinski definition) is 6. The van der Waals surface area contributed by atoms with Crippen molar-refractivity contribution in [2.24, 2.45) is 5.73 Å². The number of nitrogens with two attached hydrogens (primary N) is 1. The van der Waals surface area contributed by atoms with Gasteiger partial charge in [0.2, 0.25) is 5.91 Å². The molecule has 0 heterocycles. The highest BCUT2D eigenvalue weighted by atomic mass is 35.5. The fraction of sp³-hybridized carbons (Fsp3) is 0.238. The molecular weight excluding hydrogens is 440 g/mol. The van der Waals surface area contributed by atoms with Gasteiger partial charge in [-0.25, -0.2) is 4.79 Å². The highest BCUT2D eigenvalue weighted by molar-refractivity contribution is 6.34. The number of hydrogen-bond acceptors (Lipinski definition) is 6. The molecule has 2 aromatic rings. The molecule has 0 aliphatic rings. The minimum absolute atomic E-state index is 0.0408. The first-order valence-corrected chi connectivity index (χ1v) is 9.89. The van der Waals surface area contributed by atoms with Crippen LogP contribution in [0.4, 0.5) is 0 Å². The second kappa shape index (κ2) is 11.1. The van der Waals surface area contributed by atoms with Crippen molar-refractivity contribution in [2.45, 2.75) is 25.6 Å². The molecule has 0 saturated carbocycles. The molecule has 3 amide bonds. The lowest BCUT2D eigenvalue weighted by atomic mass is 10.1. The number of phenols is 1.